The number of rotatable bonds is 4. The van der Waals surface area contributed by atoms with E-state index in [1.165, 1.54) is 5.30 Å². The van der Waals surface area contributed by atoms with Crippen molar-refractivity contribution < 1.29 is 4.52 Å². The van der Waals surface area contributed by atoms with Gasteiger partial charge in [-0.25, -0.2) is 0 Å². The van der Waals surface area contributed by atoms with Crippen LogP contribution in [0.4, 0.5) is 0 Å². The molecule has 0 radical (unpaired) electrons. The summed E-state index contributed by atoms with van der Waals surface area (Å²) in [6, 6.07) is 10.5. The summed E-state index contributed by atoms with van der Waals surface area (Å²) in [4.78, 5) is 0. The Morgan fingerprint density at radius 2 is 1.57 bits per heavy atom. The summed E-state index contributed by atoms with van der Waals surface area (Å²) < 4.78 is 5.96. The first kappa shape index (κ1) is 11.7. The van der Waals surface area contributed by atoms with Gasteiger partial charge in [0.05, 0.1) is 14.3 Å². The van der Waals surface area contributed by atoms with Gasteiger partial charge in [0.25, 0.3) is 0 Å². The quantitative estimate of drug-likeness (QED) is 0.691. The van der Waals surface area contributed by atoms with E-state index in [0.717, 1.165) is 0 Å². The molecule has 0 N–H and O–H groups in total. The highest BCUT2D eigenvalue weighted by Gasteiger charge is 2.17. The molecule has 2 heteroatoms. The first-order valence-electron chi connectivity index (χ1n) is 5.12. The Kier molecular flexibility index (Phi) is 4.57. The van der Waals surface area contributed by atoms with Gasteiger partial charge in [0.2, 0.25) is 0 Å². The van der Waals surface area contributed by atoms with Crippen molar-refractivity contribution in [2.24, 2.45) is 0 Å². The van der Waals surface area contributed by atoms with Crippen LogP contribution in [0.1, 0.15) is 27.7 Å². The van der Waals surface area contributed by atoms with Crippen molar-refractivity contribution in [1.29, 1.82) is 0 Å². The Hall–Kier alpha value is -0.390. The van der Waals surface area contributed by atoms with E-state index in [1.807, 2.05) is 6.07 Å². The summed E-state index contributed by atoms with van der Waals surface area (Å²) in [5, 5.41) is 1.34. The van der Waals surface area contributed by atoms with Gasteiger partial charge in [0, 0.05) is 11.0 Å². The van der Waals surface area contributed by atoms with Gasteiger partial charge in [-0.15, -0.1) is 0 Å². The lowest BCUT2D eigenvalue weighted by Crippen LogP contribution is -2.13. The maximum absolute atomic E-state index is 5.96. The second-order valence-electron chi connectivity index (χ2n) is 3.91. The lowest BCUT2D eigenvalue weighted by atomic mass is 10.4. The van der Waals surface area contributed by atoms with Gasteiger partial charge in [-0.2, -0.15) is 0 Å². The molecule has 0 aliphatic heterocycles. The Balaban J connectivity index is 2.78. The van der Waals surface area contributed by atoms with E-state index in [9.17, 15) is 0 Å². The molecule has 1 unspecified atom stereocenters. The van der Waals surface area contributed by atoms with Crippen molar-refractivity contribution in [3.63, 3.8) is 0 Å². The monoisotopic (exact) mass is 210 g/mol. The second kappa shape index (κ2) is 5.48. The van der Waals surface area contributed by atoms with E-state index in [-0.39, 0.29) is 0 Å². The van der Waals surface area contributed by atoms with Gasteiger partial charge in [0.15, 0.2) is 0 Å². The Morgan fingerprint density at radius 1 is 1.00 bits per heavy atom. The lowest BCUT2D eigenvalue weighted by Gasteiger charge is -2.23. The zero-order valence-electron chi connectivity index (χ0n) is 9.40. The van der Waals surface area contributed by atoms with Gasteiger partial charge in [0.1, 0.15) is 0 Å². The molecule has 0 spiro atoms. The smallest absolute Gasteiger partial charge is 0.0633 e. The minimum atomic E-state index is -0.454. The molecule has 0 bridgehead atoms. The van der Waals surface area contributed by atoms with E-state index < -0.39 is 8.15 Å². The SMILES string of the molecule is CC(C)OP(c1ccccc1)C(C)C. The Labute approximate surface area is 88.3 Å². The Bertz CT molecular complexity index is 256. The third kappa shape index (κ3) is 3.40. The first-order chi connectivity index (χ1) is 6.61. The maximum atomic E-state index is 5.96. The number of hydrogen-bond acceptors (Lipinski definition) is 1. The highest BCUT2D eigenvalue weighted by atomic mass is 31.1. The molecular formula is C12H19OP. The fourth-order valence-electron chi connectivity index (χ4n) is 1.28. The third-order valence-corrected chi connectivity index (χ3v) is 4.20. The summed E-state index contributed by atoms with van der Waals surface area (Å²) >= 11 is 0. The summed E-state index contributed by atoms with van der Waals surface area (Å²) in [6.07, 6.45) is 0.309. The average molecular weight is 210 g/mol. The minimum Gasteiger partial charge on any atom is -0.352 e. The van der Waals surface area contributed by atoms with Crippen molar-refractivity contribution in [2.45, 2.75) is 39.5 Å². The highest BCUT2D eigenvalue weighted by Crippen LogP contribution is 2.42. The standard InChI is InChI=1S/C12H19OP/c1-10(2)13-14(11(3)4)12-8-6-5-7-9-12/h5-11H,1-4H3. The molecule has 0 saturated heterocycles. The largest absolute Gasteiger partial charge is 0.352 e. The summed E-state index contributed by atoms with van der Waals surface area (Å²) in [5.74, 6) is 0. The van der Waals surface area contributed by atoms with E-state index in [4.69, 9.17) is 4.52 Å². The van der Waals surface area contributed by atoms with E-state index in [1.54, 1.807) is 0 Å². The minimum absolute atomic E-state index is 0.309. The summed E-state index contributed by atoms with van der Waals surface area (Å²) in [5.41, 5.74) is 0.579. The van der Waals surface area contributed by atoms with Gasteiger partial charge >= 0.3 is 0 Å². The molecule has 0 saturated carbocycles. The van der Waals surface area contributed by atoms with Crippen molar-refractivity contribution in [1.82, 2.24) is 0 Å². The molecule has 0 amide bonds. The zero-order chi connectivity index (χ0) is 10.6. The average Bonchev–Trinajstić information content (AvgIpc) is 2.15. The van der Waals surface area contributed by atoms with Crippen LogP contribution in [0.25, 0.3) is 0 Å². The topological polar surface area (TPSA) is 9.23 Å². The van der Waals surface area contributed by atoms with Gasteiger partial charge < -0.3 is 4.52 Å². The second-order valence-corrected chi connectivity index (χ2v) is 6.32. The molecule has 1 rings (SSSR count). The predicted octanol–water partition coefficient (Wildman–Crippen LogP) is 3.54. The molecule has 0 aliphatic carbocycles. The van der Waals surface area contributed by atoms with Gasteiger partial charge in [-0.3, -0.25) is 0 Å². The molecule has 14 heavy (non-hydrogen) atoms. The van der Waals surface area contributed by atoms with Gasteiger partial charge in [-0.1, -0.05) is 44.2 Å². The van der Waals surface area contributed by atoms with Crippen molar-refractivity contribution in [3.05, 3.63) is 30.3 Å². The van der Waals surface area contributed by atoms with Crippen molar-refractivity contribution in [2.75, 3.05) is 0 Å². The summed E-state index contributed by atoms with van der Waals surface area (Å²) in [6.45, 7) is 8.64. The van der Waals surface area contributed by atoms with Crippen molar-refractivity contribution >= 4 is 13.5 Å². The lowest BCUT2D eigenvalue weighted by molar-refractivity contribution is 0.271. The molecule has 0 aliphatic rings. The molecule has 0 heterocycles. The van der Waals surface area contributed by atoms with Crippen LogP contribution in [0, 0.1) is 0 Å². The van der Waals surface area contributed by atoms with Crippen LogP contribution < -0.4 is 5.30 Å². The molecule has 78 valence electrons. The molecule has 0 aromatic heterocycles. The van der Waals surface area contributed by atoms with E-state index in [0.29, 0.717) is 11.8 Å². The van der Waals surface area contributed by atoms with Crippen LogP contribution in [-0.2, 0) is 4.52 Å². The van der Waals surface area contributed by atoms with Crippen LogP contribution in [0.5, 0.6) is 0 Å². The number of benzene rings is 1. The maximum Gasteiger partial charge on any atom is 0.0633 e. The molecule has 1 atom stereocenters. The van der Waals surface area contributed by atoms with Crippen LogP contribution in [-0.4, -0.2) is 11.8 Å². The fraction of sp³-hybridized carbons (Fsp3) is 0.500. The van der Waals surface area contributed by atoms with Crippen LogP contribution in [0.15, 0.2) is 30.3 Å². The predicted molar refractivity (Wildman–Crippen MR) is 64.4 cm³/mol. The molecule has 0 fully saturated rings. The number of hydrogen-bond donors (Lipinski definition) is 0. The molecule has 1 aromatic carbocycles. The van der Waals surface area contributed by atoms with E-state index >= 15 is 0 Å². The fourth-order valence-corrected chi connectivity index (χ4v) is 3.16. The third-order valence-electron chi connectivity index (χ3n) is 1.80. The summed E-state index contributed by atoms with van der Waals surface area (Å²) in [7, 11) is -0.454. The Morgan fingerprint density at radius 3 is 2.00 bits per heavy atom. The normalized spacial score (nSPS) is 13.6. The first-order valence-corrected chi connectivity index (χ1v) is 6.45. The molecule has 1 nitrogen and oxygen atoms in total. The van der Waals surface area contributed by atoms with Crippen LogP contribution >= 0.6 is 8.15 Å². The highest BCUT2D eigenvalue weighted by molar-refractivity contribution is 7.61. The van der Waals surface area contributed by atoms with E-state index in [2.05, 4.69) is 52.0 Å². The van der Waals surface area contributed by atoms with Crippen LogP contribution in [0.3, 0.4) is 0 Å². The zero-order valence-corrected chi connectivity index (χ0v) is 10.3. The van der Waals surface area contributed by atoms with Crippen molar-refractivity contribution in [3.8, 4) is 0 Å². The molecule has 1 aromatic rings. The molecular weight excluding hydrogens is 191 g/mol. The van der Waals surface area contributed by atoms with Gasteiger partial charge in [-0.05, 0) is 13.8 Å². The van der Waals surface area contributed by atoms with Crippen LogP contribution in [0.2, 0.25) is 0 Å².